The molecule has 1 fully saturated rings. The van der Waals surface area contributed by atoms with Crippen molar-refractivity contribution in [3.8, 4) is 0 Å². The molecular weight excluding hydrogens is 342 g/mol. The standard InChI is InChI=1S/C21H25N3O3/c1-15-8-11-19(20(12-15)24(26)27)22-21(25)14-23(16(2)18-9-10-18)13-17-6-4-3-5-7-17/h3-8,11-12,16,18H,9-10,13-14H2,1-2H3,(H,22,25). The summed E-state index contributed by atoms with van der Waals surface area (Å²) in [6.07, 6.45) is 2.38. The number of carbonyl (C=O) groups excluding carboxylic acids is 1. The van der Waals surface area contributed by atoms with E-state index in [0.717, 1.165) is 11.1 Å². The Kier molecular flexibility index (Phi) is 5.86. The van der Waals surface area contributed by atoms with Gasteiger partial charge in [-0.2, -0.15) is 0 Å². The van der Waals surface area contributed by atoms with Crippen molar-refractivity contribution >= 4 is 17.3 Å². The Hall–Kier alpha value is -2.73. The topological polar surface area (TPSA) is 75.5 Å². The molecule has 0 aliphatic heterocycles. The van der Waals surface area contributed by atoms with E-state index >= 15 is 0 Å². The molecule has 2 aromatic rings. The summed E-state index contributed by atoms with van der Waals surface area (Å²) >= 11 is 0. The number of nitro groups is 1. The van der Waals surface area contributed by atoms with Crippen LogP contribution in [0.4, 0.5) is 11.4 Å². The third kappa shape index (κ3) is 5.14. The SMILES string of the molecule is Cc1ccc(NC(=O)CN(Cc2ccccc2)C(C)C2CC2)c([N+](=O)[O-])c1. The van der Waals surface area contributed by atoms with Crippen molar-refractivity contribution < 1.29 is 9.72 Å². The number of hydrogen-bond acceptors (Lipinski definition) is 4. The molecule has 0 saturated heterocycles. The molecular formula is C21H25N3O3. The Labute approximate surface area is 159 Å². The number of benzene rings is 2. The van der Waals surface area contributed by atoms with Gasteiger partial charge in [-0.25, -0.2) is 0 Å². The molecule has 0 spiro atoms. The quantitative estimate of drug-likeness (QED) is 0.562. The molecule has 2 aromatic carbocycles. The third-order valence-electron chi connectivity index (χ3n) is 5.08. The maximum absolute atomic E-state index is 12.6. The zero-order valence-electron chi connectivity index (χ0n) is 15.7. The van der Waals surface area contributed by atoms with Crippen LogP contribution in [0.15, 0.2) is 48.5 Å². The molecule has 27 heavy (non-hydrogen) atoms. The molecule has 6 heteroatoms. The fraction of sp³-hybridized carbons (Fsp3) is 0.381. The van der Waals surface area contributed by atoms with Crippen molar-refractivity contribution in [2.45, 2.75) is 39.3 Å². The molecule has 0 radical (unpaired) electrons. The number of aryl methyl sites for hydroxylation is 1. The highest BCUT2D eigenvalue weighted by Gasteiger charge is 2.33. The van der Waals surface area contributed by atoms with Gasteiger partial charge >= 0.3 is 0 Å². The van der Waals surface area contributed by atoms with E-state index < -0.39 is 4.92 Å². The smallest absolute Gasteiger partial charge is 0.293 e. The average Bonchev–Trinajstić information content (AvgIpc) is 3.48. The molecule has 1 aliphatic rings. The first-order chi connectivity index (χ1) is 12.9. The summed E-state index contributed by atoms with van der Waals surface area (Å²) in [5, 5.41) is 14.0. The Morgan fingerprint density at radius 3 is 2.59 bits per heavy atom. The Morgan fingerprint density at radius 1 is 1.26 bits per heavy atom. The van der Waals surface area contributed by atoms with Crippen LogP contribution in [0.5, 0.6) is 0 Å². The number of rotatable bonds is 8. The van der Waals surface area contributed by atoms with Crippen LogP contribution >= 0.6 is 0 Å². The highest BCUT2D eigenvalue weighted by Crippen LogP contribution is 2.35. The van der Waals surface area contributed by atoms with Gasteiger partial charge in [0.2, 0.25) is 5.91 Å². The lowest BCUT2D eigenvalue weighted by Gasteiger charge is -2.28. The Morgan fingerprint density at radius 2 is 1.96 bits per heavy atom. The second-order valence-corrected chi connectivity index (χ2v) is 7.29. The molecule has 0 bridgehead atoms. The minimum absolute atomic E-state index is 0.0757. The minimum atomic E-state index is -0.461. The summed E-state index contributed by atoms with van der Waals surface area (Å²) in [7, 11) is 0. The molecule has 6 nitrogen and oxygen atoms in total. The van der Waals surface area contributed by atoms with Gasteiger partial charge in [0, 0.05) is 18.7 Å². The lowest BCUT2D eigenvalue weighted by molar-refractivity contribution is -0.384. The van der Waals surface area contributed by atoms with E-state index in [2.05, 4.69) is 29.3 Å². The zero-order valence-corrected chi connectivity index (χ0v) is 15.7. The zero-order chi connectivity index (χ0) is 19.4. The van der Waals surface area contributed by atoms with Crippen LogP contribution < -0.4 is 5.32 Å². The van der Waals surface area contributed by atoms with Crippen molar-refractivity contribution in [1.82, 2.24) is 4.90 Å². The first kappa shape index (κ1) is 19.0. The van der Waals surface area contributed by atoms with Gasteiger partial charge < -0.3 is 5.32 Å². The van der Waals surface area contributed by atoms with Crippen LogP contribution in [0.2, 0.25) is 0 Å². The number of nitrogens with zero attached hydrogens (tertiary/aromatic N) is 2. The van der Waals surface area contributed by atoms with Gasteiger partial charge in [0.15, 0.2) is 0 Å². The van der Waals surface area contributed by atoms with Crippen LogP contribution in [-0.4, -0.2) is 28.3 Å². The van der Waals surface area contributed by atoms with E-state index in [0.29, 0.717) is 18.5 Å². The second kappa shape index (κ2) is 8.31. The van der Waals surface area contributed by atoms with Gasteiger partial charge in [0.25, 0.3) is 5.69 Å². The molecule has 1 aliphatic carbocycles. The predicted molar refractivity (Wildman–Crippen MR) is 106 cm³/mol. The number of anilines is 1. The summed E-state index contributed by atoms with van der Waals surface area (Å²) in [6, 6.07) is 15.2. The molecule has 1 unspecified atom stereocenters. The lowest BCUT2D eigenvalue weighted by Crippen LogP contribution is -2.40. The Bertz CT molecular complexity index is 819. The highest BCUT2D eigenvalue weighted by atomic mass is 16.6. The summed E-state index contributed by atoms with van der Waals surface area (Å²) in [6.45, 7) is 4.83. The predicted octanol–water partition coefficient (Wildman–Crippen LogP) is 4.14. The number of nitro benzene ring substituents is 1. The number of nitrogens with one attached hydrogen (secondary N) is 1. The second-order valence-electron chi connectivity index (χ2n) is 7.29. The first-order valence-electron chi connectivity index (χ1n) is 9.27. The molecule has 0 heterocycles. The Balaban J connectivity index is 1.72. The van der Waals surface area contributed by atoms with Crippen LogP contribution in [0.1, 0.15) is 30.9 Å². The van der Waals surface area contributed by atoms with Crippen molar-refractivity contribution in [3.05, 3.63) is 69.8 Å². The lowest BCUT2D eigenvalue weighted by atomic mass is 10.1. The van der Waals surface area contributed by atoms with Gasteiger partial charge in [-0.3, -0.25) is 19.8 Å². The molecule has 0 aromatic heterocycles. The third-order valence-corrected chi connectivity index (χ3v) is 5.08. The van der Waals surface area contributed by atoms with Crippen LogP contribution in [0.25, 0.3) is 0 Å². The highest BCUT2D eigenvalue weighted by molar-refractivity contribution is 5.94. The molecule has 1 saturated carbocycles. The van der Waals surface area contributed by atoms with Gasteiger partial charge in [-0.05, 0) is 49.8 Å². The number of carbonyl (C=O) groups is 1. The van der Waals surface area contributed by atoms with E-state index in [1.54, 1.807) is 19.1 Å². The van der Waals surface area contributed by atoms with Crippen LogP contribution in [-0.2, 0) is 11.3 Å². The monoisotopic (exact) mass is 367 g/mol. The molecule has 3 rings (SSSR count). The van der Waals surface area contributed by atoms with Gasteiger partial charge in [0.05, 0.1) is 11.5 Å². The first-order valence-corrected chi connectivity index (χ1v) is 9.27. The van der Waals surface area contributed by atoms with E-state index in [1.807, 2.05) is 18.2 Å². The van der Waals surface area contributed by atoms with E-state index in [9.17, 15) is 14.9 Å². The van der Waals surface area contributed by atoms with Crippen LogP contribution in [0.3, 0.4) is 0 Å². The van der Waals surface area contributed by atoms with Gasteiger partial charge in [0.1, 0.15) is 5.69 Å². The summed E-state index contributed by atoms with van der Waals surface area (Å²) in [5.41, 5.74) is 2.11. The maximum atomic E-state index is 12.6. The molecule has 1 amide bonds. The van der Waals surface area contributed by atoms with Gasteiger partial charge in [-0.15, -0.1) is 0 Å². The maximum Gasteiger partial charge on any atom is 0.293 e. The fourth-order valence-electron chi connectivity index (χ4n) is 3.31. The van der Waals surface area contributed by atoms with Crippen LogP contribution in [0, 0.1) is 23.0 Å². The minimum Gasteiger partial charge on any atom is -0.319 e. The van der Waals surface area contributed by atoms with Crippen molar-refractivity contribution in [1.29, 1.82) is 0 Å². The normalized spacial score (nSPS) is 14.8. The average molecular weight is 367 g/mol. The number of amides is 1. The summed E-state index contributed by atoms with van der Waals surface area (Å²) < 4.78 is 0. The van der Waals surface area contributed by atoms with Crippen molar-refractivity contribution in [3.63, 3.8) is 0 Å². The van der Waals surface area contributed by atoms with E-state index in [4.69, 9.17) is 0 Å². The molecule has 1 N–H and O–H groups in total. The largest absolute Gasteiger partial charge is 0.319 e. The summed E-state index contributed by atoms with van der Waals surface area (Å²) in [5.74, 6) is 0.389. The van der Waals surface area contributed by atoms with Crippen molar-refractivity contribution in [2.75, 3.05) is 11.9 Å². The van der Waals surface area contributed by atoms with Gasteiger partial charge in [-0.1, -0.05) is 36.4 Å². The molecule has 142 valence electrons. The molecule has 1 atom stereocenters. The van der Waals surface area contributed by atoms with E-state index in [1.165, 1.54) is 18.9 Å². The van der Waals surface area contributed by atoms with E-state index in [-0.39, 0.29) is 23.8 Å². The summed E-state index contributed by atoms with van der Waals surface area (Å²) in [4.78, 5) is 25.6. The fourth-order valence-corrected chi connectivity index (χ4v) is 3.31. The number of hydrogen-bond donors (Lipinski definition) is 1. The van der Waals surface area contributed by atoms with Crippen molar-refractivity contribution in [2.24, 2.45) is 5.92 Å².